The van der Waals surface area contributed by atoms with Gasteiger partial charge in [0.2, 0.25) is 0 Å². The Balaban J connectivity index is 1.74. The topological polar surface area (TPSA) is 76.7 Å². The van der Waals surface area contributed by atoms with Gasteiger partial charge in [-0.2, -0.15) is 0 Å². The van der Waals surface area contributed by atoms with E-state index in [2.05, 4.69) is 50.5 Å². The molecule has 6 nitrogen and oxygen atoms in total. The van der Waals surface area contributed by atoms with Gasteiger partial charge in [0.05, 0.1) is 0 Å². The van der Waals surface area contributed by atoms with E-state index in [-0.39, 0.29) is 12.2 Å². The van der Waals surface area contributed by atoms with Gasteiger partial charge in [-0.3, -0.25) is 0 Å². The van der Waals surface area contributed by atoms with Crippen LogP contribution in [-0.2, 0) is 25.7 Å². The van der Waals surface area contributed by atoms with Gasteiger partial charge in [0.15, 0.2) is 0 Å². The van der Waals surface area contributed by atoms with Crippen molar-refractivity contribution in [1.29, 1.82) is 0 Å². The van der Waals surface area contributed by atoms with Gasteiger partial charge < -0.3 is 20.1 Å². The molecule has 0 bridgehead atoms. The molecule has 0 spiro atoms. The van der Waals surface area contributed by atoms with Crippen molar-refractivity contribution in [3.05, 3.63) is 58.7 Å². The van der Waals surface area contributed by atoms with E-state index in [1.165, 1.54) is 112 Å². The number of unbranched alkanes of at least 4 members (excludes halogenated alkanes) is 15. The molecule has 282 valence electrons. The molecule has 2 rings (SSSR count). The SMILES string of the molecule is CCCCCCc1cccc(OC(=O)NCCCCCCNC(=O)Oc2cccc(CCCCCC)c2CCCCCC)c1CCCCCC. The number of ether oxygens (including phenoxy) is 2. The summed E-state index contributed by atoms with van der Waals surface area (Å²) in [5, 5.41) is 5.90. The maximum atomic E-state index is 12.7. The Hall–Kier alpha value is -3.02. The number of rotatable bonds is 29. The predicted molar refractivity (Wildman–Crippen MR) is 211 cm³/mol. The van der Waals surface area contributed by atoms with Crippen molar-refractivity contribution in [1.82, 2.24) is 10.6 Å². The highest BCUT2D eigenvalue weighted by Crippen LogP contribution is 2.28. The predicted octanol–water partition coefficient (Wildman–Crippen LogP) is 12.6. The zero-order chi connectivity index (χ0) is 36.1. The van der Waals surface area contributed by atoms with E-state index >= 15 is 0 Å². The van der Waals surface area contributed by atoms with Crippen LogP contribution in [0.15, 0.2) is 36.4 Å². The smallest absolute Gasteiger partial charge is 0.410 e. The molecule has 0 aliphatic rings. The van der Waals surface area contributed by atoms with E-state index < -0.39 is 0 Å². The molecule has 2 amide bonds. The lowest BCUT2D eigenvalue weighted by atomic mass is 9.96. The first-order valence-electron chi connectivity index (χ1n) is 20.7. The molecule has 0 fully saturated rings. The number of carbonyl (C=O) groups is 2. The van der Waals surface area contributed by atoms with Crippen LogP contribution in [0.3, 0.4) is 0 Å². The summed E-state index contributed by atoms with van der Waals surface area (Å²) in [5.41, 5.74) is 5.07. The van der Waals surface area contributed by atoms with Crippen LogP contribution in [0.2, 0.25) is 0 Å². The molecular formula is C44H72N2O4. The number of benzene rings is 2. The van der Waals surface area contributed by atoms with Crippen molar-refractivity contribution in [2.75, 3.05) is 13.1 Å². The van der Waals surface area contributed by atoms with Crippen molar-refractivity contribution < 1.29 is 19.1 Å². The molecular weight excluding hydrogens is 620 g/mol. The normalized spacial score (nSPS) is 11.0. The monoisotopic (exact) mass is 693 g/mol. The van der Waals surface area contributed by atoms with Crippen molar-refractivity contribution >= 4 is 12.2 Å². The minimum atomic E-state index is -0.373. The molecule has 0 heterocycles. The molecule has 0 unspecified atom stereocenters. The highest BCUT2D eigenvalue weighted by Gasteiger charge is 2.15. The van der Waals surface area contributed by atoms with Gasteiger partial charge in [-0.1, -0.05) is 142 Å². The third-order valence-corrected chi connectivity index (χ3v) is 9.67. The van der Waals surface area contributed by atoms with E-state index in [1.54, 1.807) is 0 Å². The summed E-state index contributed by atoms with van der Waals surface area (Å²) in [6, 6.07) is 12.4. The van der Waals surface area contributed by atoms with E-state index in [4.69, 9.17) is 9.47 Å². The highest BCUT2D eigenvalue weighted by atomic mass is 16.6. The lowest BCUT2D eigenvalue weighted by Crippen LogP contribution is -2.28. The van der Waals surface area contributed by atoms with Crippen LogP contribution in [0.4, 0.5) is 9.59 Å². The Kier molecular flexibility index (Phi) is 24.7. The molecule has 0 aliphatic carbocycles. The standard InChI is InChI=1S/C44H72N2O4/c1-5-9-13-19-27-37-29-25-33-41(39(37)31-21-15-11-7-3)49-43(47)45-35-23-17-18-24-36-46-44(48)50-42-34-26-30-38(28-20-14-10-6-2)40(42)32-22-16-12-8-4/h25-26,29-30,33-34H,5-24,27-28,31-32,35-36H2,1-4H3,(H,45,47)(H,46,48). The number of amides is 2. The van der Waals surface area contributed by atoms with Crippen molar-refractivity contribution in [3.8, 4) is 11.5 Å². The first-order chi connectivity index (χ1) is 24.5. The van der Waals surface area contributed by atoms with E-state index in [1.807, 2.05) is 24.3 Å². The number of carbonyl (C=O) groups excluding carboxylic acids is 2. The second-order valence-electron chi connectivity index (χ2n) is 14.1. The number of aryl methyl sites for hydroxylation is 2. The van der Waals surface area contributed by atoms with E-state index in [0.29, 0.717) is 24.6 Å². The highest BCUT2D eigenvalue weighted by molar-refractivity contribution is 5.71. The van der Waals surface area contributed by atoms with E-state index in [9.17, 15) is 9.59 Å². The molecule has 0 radical (unpaired) electrons. The van der Waals surface area contributed by atoms with Crippen LogP contribution >= 0.6 is 0 Å². The zero-order valence-electron chi connectivity index (χ0n) is 32.5. The third kappa shape index (κ3) is 18.8. The first kappa shape index (κ1) is 43.1. The Labute approximate surface area is 306 Å². The maximum absolute atomic E-state index is 12.7. The molecule has 50 heavy (non-hydrogen) atoms. The number of hydrogen-bond acceptors (Lipinski definition) is 4. The molecule has 0 aliphatic heterocycles. The minimum Gasteiger partial charge on any atom is -0.410 e. The van der Waals surface area contributed by atoms with E-state index in [0.717, 1.165) is 64.2 Å². The number of nitrogens with one attached hydrogen (secondary N) is 2. The fraction of sp³-hybridized carbons (Fsp3) is 0.682. The summed E-state index contributed by atoms with van der Waals surface area (Å²) in [4.78, 5) is 25.5. The lowest BCUT2D eigenvalue weighted by molar-refractivity contribution is 0.198. The minimum absolute atomic E-state index is 0.373. The second-order valence-corrected chi connectivity index (χ2v) is 14.1. The zero-order valence-corrected chi connectivity index (χ0v) is 32.5. The molecule has 2 N–H and O–H groups in total. The molecule has 0 aromatic heterocycles. The molecule has 0 saturated carbocycles. The second kappa shape index (κ2) is 28.7. The average molecular weight is 693 g/mol. The first-order valence-corrected chi connectivity index (χ1v) is 20.7. The quantitative estimate of drug-likeness (QED) is 0.0832. The third-order valence-electron chi connectivity index (χ3n) is 9.67. The fourth-order valence-corrected chi connectivity index (χ4v) is 6.65. The Morgan fingerprint density at radius 3 is 1.14 bits per heavy atom. The summed E-state index contributed by atoms with van der Waals surface area (Å²) in [5.74, 6) is 1.43. The van der Waals surface area contributed by atoms with Gasteiger partial charge in [-0.25, -0.2) is 9.59 Å². The maximum Gasteiger partial charge on any atom is 0.412 e. The van der Waals surface area contributed by atoms with Crippen molar-refractivity contribution in [2.45, 2.75) is 182 Å². The van der Waals surface area contributed by atoms with Gasteiger partial charge in [-0.15, -0.1) is 0 Å². The number of hydrogen-bond donors (Lipinski definition) is 2. The van der Waals surface area contributed by atoms with Crippen molar-refractivity contribution in [2.24, 2.45) is 0 Å². The van der Waals surface area contributed by atoms with Gasteiger partial charge >= 0.3 is 12.2 Å². The van der Waals surface area contributed by atoms with Crippen LogP contribution in [0, 0.1) is 0 Å². The van der Waals surface area contributed by atoms with Crippen molar-refractivity contribution in [3.63, 3.8) is 0 Å². The molecule has 2 aromatic rings. The largest absolute Gasteiger partial charge is 0.412 e. The van der Waals surface area contributed by atoms with Crippen LogP contribution in [0.25, 0.3) is 0 Å². The summed E-state index contributed by atoms with van der Waals surface area (Å²) in [6.45, 7) is 10.1. The van der Waals surface area contributed by atoms with Gasteiger partial charge in [0, 0.05) is 13.1 Å². The van der Waals surface area contributed by atoms with Gasteiger partial charge in [-0.05, 0) is 98.6 Å². The summed E-state index contributed by atoms with van der Waals surface area (Å²) in [6.07, 6.45) is 26.3. The van der Waals surface area contributed by atoms with Crippen LogP contribution in [-0.4, -0.2) is 25.3 Å². The van der Waals surface area contributed by atoms with Crippen LogP contribution < -0.4 is 20.1 Å². The van der Waals surface area contributed by atoms with Crippen LogP contribution in [0.5, 0.6) is 11.5 Å². The average Bonchev–Trinajstić information content (AvgIpc) is 3.11. The van der Waals surface area contributed by atoms with Gasteiger partial charge in [0.1, 0.15) is 11.5 Å². The molecule has 2 aromatic carbocycles. The Morgan fingerprint density at radius 1 is 0.440 bits per heavy atom. The van der Waals surface area contributed by atoms with Gasteiger partial charge in [0.25, 0.3) is 0 Å². The Morgan fingerprint density at radius 2 is 0.780 bits per heavy atom. The summed E-state index contributed by atoms with van der Waals surface area (Å²) >= 11 is 0. The Bertz CT molecular complexity index is 1090. The molecule has 0 saturated heterocycles. The lowest BCUT2D eigenvalue weighted by Gasteiger charge is -2.16. The van der Waals surface area contributed by atoms with Crippen LogP contribution in [0.1, 0.15) is 178 Å². The molecule has 0 atom stereocenters. The molecule has 6 heteroatoms. The summed E-state index contributed by atoms with van der Waals surface area (Å²) in [7, 11) is 0. The summed E-state index contributed by atoms with van der Waals surface area (Å²) < 4.78 is 11.7. The fourth-order valence-electron chi connectivity index (χ4n) is 6.65.